The monoisotopic (exact) mass is 464 g/mol. The Morgan fingerprint density at radius 1 is 0.529 bits per heavy atom. The van der Waals surface area contributed by atoms with Crippen molar-refractivity contribution < 1.29 is 10.2 Å². The van der Waals surface area contributed by atoms with Crippen LogP contribution >= 0.6 is 0 Å². The van der Waals surface area contributed by atoms with Crippen molar-refractivity contribution in [1.29, 1.82) is 0 Å². The van der Waals surface area contributed by atoms with Crippen molar-refractivity contribution in [3.63, 3.8) is 0 Å². The molecule has 0 amide bonds. The number of hydrogen-bond donors (Lipinski definition) is 6. The number of unbranched alkanes of at least 4 members (excludes halogenated alkanes) is 1. The molecule has 3 aromatic rings. The van der Waals surface area contributed by atoms with E-state index >= 15 is 0 Å². The molecule has 34 heavy (non-hydrogen) atoms. The third-order valence-electron chi connectivity index (χ3n) is 5.95. The van der Waals surface area contributed by atoms with Crippen molar-refractivity contribution >= 4 is 10.8 Å². The van der Waals surface area contributed by atoms with Crippen LogP contribution in [0.5, 0.6) is 11.5 Å². The molecule has 0 spiro atoms. The molecule has 0 saturated carbocycles. The van der Waals surface area contributed by atoms with Gasteiger partial charge in [-0.05, 0) is 99.5 Å². The summed E-state index contributed by atoms with van der Waals surface area (Å²) in [7, 11) is 0. The fraction of sp³-hybridized carbons (Fsp3) is 0.429. The number of fused-ring (bicyclic) bond motifs is 1. The van der Waals surface area contributed by atoms with Crippen molar-refractivity contribution in [3.05, 3.63) is 71.8 Å². The Kier molecular flexibility index (Phi) is 11.7. The standard InChI is InChI=1S/C28H40N4O2/c33-25-12-9-23(10-13-25)21-31-19-5-17-29-15-3-4-16-30-18-6-20-32-22-27-26-8-2-1-7-24(26)11-14-28(27)34/h1-2,7-14,29-34H,3-6,15-22H2. The highest BCUT2D eigenvalue weighted by Gasteiger charge is 2.06. The summed E-state index contributed by atoms with van der Waals surface area (Å²) < 4.78 is 0. The maximum Gasteiger partial charge on any atom is 0.120 e. The van der Waals surface area contributed by atoms with E-state index in [9.17, 15) is 10.2 Å². The van der Waals surface area contributed by atoms with Gasteiger partial charge in [0.1, 0.15) is 11.5 Å². The first-order valence-corrected chi connectivity index (χ1v) is 12.5. The van der Waals surface area contributed by atoms with Crippen LogP contribution in [0.4, 0.5) is 0 Å². The summed E-state index contributed by atoms with van der Waals surface area (Å²) in [6.45, 7) is 7.61. The van der Waals surface area contributed by atoms with E-state index in [2.05, 4.69) is 33.4 Å². The summed E-state index contributed by atoms with van der Waals surface area (Å²) in [5, 5.41) is 35.7. The molecule has 3 rings (SSSR count). The Morgan fingerprint density at radius 3 is 1.82 bits per heavy atom. The summed E-state index contributed by atoms with van der Waals surface area (Å²) in [6.07, 6.45) is 4.55. The van der Waals surface area contributed by atoms with Gasteiger partial charge in [0.2, 0.25) is 0 Å². The van der Waals surface area contributed by atoms with Crippen LogP contribution < -0.4 is 21.3 Å². The molecule has 0 heterocycles. The zero-order valence-electron chi connectivity index (χ0n) is 20.2. The van der Waals surface area contributed by atoms with Crippen LogP contribution in [0, 0.1) is 0 Å². The van der Waals surface area contributed by atoms with Gasteiger partial charge in [0.15, 0.2) is 0 Å². The second-order valence-electron chi connectivity index (χ2n) is 8.72. The normalized spacial score (nSPS) is 11.3. The third-order valence-corrected chi connectivity index (χ3v) is 5.95. The van der Waals surface area contributed by atoms with Gasteiger partial charge in [-0.25, -0.2) is 0 Å². The zero-order chi connectivity index (χ0) is 23.8. The minimum absolute atomic E-state index is 0.315. The van der Waals surface area contributed by atoms with Crippen LogP contribution in [0.3, 0.4) is 0 Å². The van der Waals surface area contributed by atoms with Crippen LogP contribution in [0.15, 0.2) is 60.7 Å². The Labute approximate surface area is 203 Å². The number of nitrogens with one attached hydrogen (secondary N) is 4. The topological polar surface area (TPSA) is 88.6 Å². The van der Waals surface area contributed by atoms with Gasteiger partial charge < -0.3 is 31.5 Å². The van der Waals surface area contributed by atoms with Crippen molar-refractivity contribution in [2.24, 2.45) is 0 Å². The molecule has 0 unspecified atom stereocenters. The number of phenolic OH excluding ortho intramolecular Hbond substituents is 2. The van der Waals surface area contributed by atoms with Crippen molar-refractivity contribution in [1.82, 2.24) is 21.3 Å². The molecule has 0 bridgehead atoms. The first-order chi connectivity index (χ1) is 16.7. The molecule has 0 saturated heterocycles. The van der Waals surface area contributed by atoms with Crippen LogP contribution in [0.25, 0.3) is 10.8 Å². The summed E-state index contributed by atoms with van der Waals surface area (Å²) in [5.41, 5.74) is 2.17. The van der Waals surface area contributed by atoms with Crippen LogP contribution in [-0.2, 0) is 13.1 Å². The molecule has 0 aliphatic rings. The Bertz CT molecular complexity index is 962. The quantitative estimate of drug-likeness (QED) is 0.170. The lowest BCUT2D eigenvalue weighted by Crippen LogP contribution is -2.24. The minimum atomic E-state index is 0.315. The first-order valence-electron chi connectivity index (χ1n) is 12.5. The molecule has 0 aromatic heterocycles. The molecule has 0 atom stereocenters. The molecular weight excluding hydrogens is 424 g/mol. The van der Waals surface area contributed by atoms with Crippen LogP contribution in [0.1, 0.15) is 36.8 Å². The highest BCUT2D eigenvalue weighted by Crippen LogP contribution is 2.26. The molecule has 6 heteroatoms. The molecule has 6 nitrogen and oxygen atoms in total. The summed E-state index contributed by atoms with van der Waals surface area (Å²) >= 11 is 0. The summed E-state index contributed by atoms with van der Waals surface area (Å²) in [5.74, 6) is 0.679. The maximum atomic E-state index is 10.2. The molecule has 0 radical (unpaired) electrons. The van der Waals surface area contributed by atoms with Gasteiger partial charge in [0.05, 0.1) is 0 Å². The predicted molar refractivity (Wildman–Crippen MR) is 141 cm³/mol. The number of aromatic hydroxyl groups is 2. The van der Waals surface area contributed by atoms with E-state index in [4.69, 9.17) is 0 Å². The van der Waals surface area contributed by atoms with Crippen molar-refractivity contribution in [3.8, 4) is 11.5 Å². The maximum absolute atomic E-state index is 10.2. The van der Waals surface area contributed by atoms with Crippen molar-refractivity contribution in [2.75, 3.05) is 39.3 Å². The van der Waals surface area contributed by atoms with Gasteiger partial charge in [-0.15, -0.1) is 0 Å². The van der Waals surface area contributed by atoms with Crippen molar-refractivity contribution in [2.45, 2.75) is 38.8 Å². The van der Waals surface area contributed by atoms with E-state index in [-0.39, 0.29) is 0 Å². The van der Waals surface area contributed by atoms with E-state index in [1.165, 1.54) is 18.4 Å². The molecule has 3 aromatic carbocycles. The van der Waals surface area contributed by atoms with Gasteiger partial charge in [0, 0.05) is 18.7 Å². The van der Waals surface area contributed by atoms with Crippen LogP contribution in [-0.4, -0.2) is 49.5 Å². The average Bonchev–Trinajstić information content (AvgIpc) is 2.86. The molecule has 0 aliphatic heterocycles. The lowest BCUT2D eigenvalue weighted by atomic mass is 10.0. The average molecular weight is 465 g/mol. The molecule has 0 aliphatic carbocycles. The van der Waals surface area contributed by atoms with Crippen LogP contribution in [0.2, 0.25) is 0 Å². The Balaban J connectivity index is 1.10. The zero-order valence-corrected chi connectivity index (χ0v) is 20.2. The van der Waals surface area contributed by atoms with E-state index in [0.717, 1.165) is 75.0 Å². The van der Waals surface area contributed by atoms with Gasteiger partial charge in [-0.1, -0.05) is 42.5 Å². The van der Waals surface area contributed by atoms with Gasteiger partial charge in [-0.3, -0.25) is 0 Å². The molecular formula is C28H40N4O2. The summed E-state index contributed by atoms with van der Waals surface area (Å²) in [4.78, 5) is 0. The highest BCUT2D eigenvalue weighted by molar-refractivity contribution is 5.87. The second-order valence-corrected chi connectivity index (χ2v) is 8.72. The second kappa shape index (κ2) is 15.3. The summed E-state index contributed by atoms with van der Waals surface area (Å²) in [6, 6.07) is 19.3. The van der Waals surface area contributed by atoms with E-state index in [0.29, 0.717) is 18.0 Å². The SMILES string of the molecule is Oc1ccc(CNCCCNCCCCNCCCNCc2c(O)ccc3ccccc23)cc1. The molecule has 184 valence electrons. The fourth-order valence-electron chi connectivity index (χ4n) is 4.00. The number of hydrogen-bond acceptors (Lipinski definition) is 6. The Morgan fingerprint density at radius 2 is 1.12 bits per heavy atom. The third kappa shape index (κ3) is 9.31. The van der Waals surface area contributed by atoms with Gasteiger partial charge >= 0.3 is 0 Å². The molecule has 6 N–H and O–H groups in total. The lowest BCUT2D eigenvalue weighted by Gasteiger charge is -2.11. The smallest absolute Gasteiger partial charge is 0.120 e. The largest absolute Gasteiger partial charge is 0.508 e. The first kappa shape index (κ1) is 26.0. The Hall–Kier alpha value is -2.64. The lowest BCUT2D eigenvalue weighted by molar-refractivity contribution is 0.465. The number of benzene rings is 3. The van der Waals surface area contributed by atoms with E-state index in [1.807, 2.05) is 30.3 Å². The number of rotatable bonds is 17. The van der Waals surface area contributed by atoms with Gasteiger partial charge in [-0.2, -0.15) is 0 Å². The molecule has 0 fully saturated rings. The highest BCUT2D eigenvalue weighted by atomic mass is 16.3. The number of phenols is 2. The minimum Gasteiger partial charge on any atom is -0.508 e. The fourth-order valence-corrected chi connectivity index (χ4v) is 4.00. The van der Waals surface area contributed by atoms with E-state index < -0.39 is 0 Å². The van der Waals surface area contributed by atoms with Gasteiger partial charge in [0.25, 0.3) is 0 Å². The van der Waals surface area contributed by atoms with E-state index in [1.54, 1.807) is 18.2 Å². The predicted octanol–water partition coefficient (Wildman–Crippen LogP) is 3.87.